The minimum Gasteiger partial charge on any atom is -0.504 e. The molecule has 2 rings (SSSR count). The van der Waals surface area contributed by atoms with E-state index < -0.39 is 12.2 Å². The minimum atomic E-state index is -0.900. The number of aromatic hydroxyl groups is 1. The Balaban J connectivity index is 2.24. The van der Waals surface area contributed by atoms with E-state index in [4.69, 9.17) is 14.2 Å². The average Bonchev–Trinajstić information content (AvgIpc) is 2.64. The lowest BCUT2D eigenvalue weighted by atomic mass is 10.0. The first-order chi connectivity index (χ1) is 12.4. The number of phenols is 1. The fourth-order valence-corrected chi connectivity index (χ4v) is 2.71. The fraction of sp³-hybridized carbons (Fsp3) is 0.333. The highest BCUT2D eigenvalue weighted by atomic mass is 16.5. The Morgan fingerprint density at radius 2 is 1.69 bits per heavy atom. The molecule has 2 aromatic rings. The summed E-state index contributed by atoms with van der Waals surface area (Å²) in [6.45, 7) is 5.48. The lowest BCUT2D eigenvalue weighted by Crippen LogP contribution is -2.22. The van der Waals surface area contributed by atoms with Crippen molar-refractivity contribution in [3.8, 4) is 23.0 Å². The first-order valence-corrected chi connectivity index (χ1v) is 8.44. The SMILES string of the molecule is C/C=C/c1ccc(OC(C)C(O)c2cc(C)c(O)c(OC)c2)c(OC)c1. The molecule has 0 aliphatic rings. The molecule has 0 bridgehead atoms. The van der Waals surface area contributed by atoms with Gasteiger partial charge in [-0.1, -0.05) is 18.2 Å². The third-order valence-electron chi connectivity index (χ3n) is 4.15. The van der Waals surface area contributed by atoms with E-state index in [1.54, 1.807) is 33.1 Å². The molecule has 0 spiro atoms. The van der Waals surface area contributed by atoms with Gasteiger partial charge in [0, 0.05) is 0 Å². The molecule has 0 fully saturated rings. The number of ether oxygens (including phenoxy) is 3. The van der Waals surface area contributed by atoms with Crippen LogP contribution in [-0.2, 0) is 0 Å². The Morgan fingerprint density at radius 1 is 1.00 bits per heavy atom. The molecule has 5 heteroatoms. The number of rotatable bonds is 7. The summed E-state index contributed by atoms with van der Waals surface area (Å²) in [4.78, 5) is 0. The number of aryl methyl sites for hydroxylation is 1. The number of aliphatic hydroxyl groups is 1. The van der Waals surface area contributed by atoms with Gasteiger partial charge in [0.15, 0.2) is 23.0 Å². The number of allylic oxidation sites excluding steroid dienone is 1. The van der Waals surface area contributed by atoms with Crippen molar-refractivity contribution in [3.05, 3.63) is 53.1 Å². The normalized spacial score (nSPS) is 13.5. The molecular formula is C21H26O5. The largest absolute Gasteiger partial charge is 0.504 e. The summed E-state index contributed by atoms with van der Waals surface area (Å²) in [5, 5.41) is 20.6. The Labute approximate surface area is 154 Å². The van der Waals surface area contributed by atoms with Gasteiger partial charge in [-0.3, -0.25) is 0 Å². The Morgan fingerprint density at radius 3 is 2.31 bits per heavy atom. The van der Waals surface area contributed by atoms with Gasteiger partial charge in [-0.15, -0.1) is 0 Å². The van der Waals surface area contributed by atoms with E-state index in [0.717, 1.165) is 5.56 Å². The van der Waals surface area contributed by atoms with Crippen LogP contribution in [0.3, 0.4) is 0 Å². The van der Waals surface area contributed by atoms with Crippen LogP contribution >= 0.6 is 0 Å². The predicted octanol–water partition coefficient (Wildman–Crippen LogP) is 4.25. The summed E-state index contributed by atoms with van der Waals surface area (Å²) in [7, 11) is 3.05. The van der Waals surface area contributed by atoms with E-state index >= 15 is 0 Å². The number of hydrogen-bond donors (Lipinski definition) is 2. The zero-order chi connectivity index (χ0) is 19.3. The predicted molar refractivity (Wildman–Crippen MR) is 102 cm³/mol. The molecule has 2 unspecified atom stereocenters. The molecule has 0 aliphatic heterocycles. The smallest absolute Gasteiger partial charge is 0.161 e. The fourth-order valence-electron chi connectivity index (χ4n) is 2.71. The molecule has 0 saturated carbocycles. The van der Waals surface area contributed by atoms with Crippen LogP contribution in [0.5, 0.6) is 23.0 Å². The van der Waals surface area contributed by atoms with Crippen LogP contribution in [0.15, 0.2) is 36.4 Å². The zero-order valence-electron chi connectivity index (χ0n) is 15.8. The van der Waals surface area contributed by atoms with Gasteiger partial charge in [0.1, 0.15) is 12.2 Å². The van der Waals surface area contributed by atoms with Crippen LogP contribution < -0.4 is 14.2 Å². The molecule has 5 nitrogen and oxygen atoms in total. The van der Waals surface area contributed by atoms with Gasteiger partial charge in [-0.25, -0.2) is 0 Å². The summed E-state index contributed by atoms with van der Waals surface area (Å²) < 4.78 is 16.5. The summed E-state index contributed by atoms with van der Waals surface area (Å²) >= 11 is 0. The van der Waals surface area contributed by atoms with Gasteiger partial charge >= 0.3 is 0 Å². The lowest BCUT2D eigenvalue weighted by molar-refractivity contribution is 0.0449. The van der Waals surface area contributed by atoms with E-state index in [0.29, 0.717) is 28.4 Å². The van der Waals surface area contributed by atoms with Crippen molar-refractivity contribution in [1.82, 2.24) is 0 Å². The highest BCUT2D eigenvalue weighted by Crippen LogP contribution is 2.35. The van der Waals surface area contributed by atoms with Crippen molar-refractivity contribution in [2.75, 3.05) is 14.2 Å². The minimum absolute atomic E-state index is 0.0678. The van der Waals surface area contributed by atoms with Crippen LogP contribution in [0.1, 0.15) is 36.6 Å². The maximum Gasteiger partial charge on any atom is 0.161 e. The number of phenolic OH excluding ortho intramolecular Hbond substituents is 1. The molecule has 0 saturated heterocycles. The van der Waals surface area contributed by atoms with Crippen molar-refractivity contribution in [2.24, 2.45) is 0 Å². The number of benzene rings is 2. The van der Waals surface area contributed by atoms with Crippen LogP contribution in [0.2, 0.25) is 0 Å². The van der Waals surface area contributed by atoms with Gasteiger partial charge < -0.3 is 24.4 Å². The molecule has 2 atom stereocenters. The molecule has 140 valence electrons. The summed E-state index contributed by atoms with van der Waals surface area (Å²) in [6, 6.07) is 8.95. The second-order valence-corrected chi connectivity index (χ2v) is 6.07. The topological polar surface area (TPSA) is 68.2 Å². The van der Waals surface area contributed by atoms with Gasteiger partial charge in [0.2, 0.25) is 0 Å². The van der Waals surface area contributed by atoms with Crippen LogP contribution in [0.4, 0.5) is 0 Å². The van der Waals surface area contributed by atoms with Gasteiger partial charge in [0.25, 0.3) is 0 Å². The maximum atomic E-state index is 10.7. The van der Waals surface area contributed by atoms with Crippen LogP contribution in [0, 0.1) is 6.92 Å². The van der Waals surface area contributed by atoms with E-state index in [1.165, 1.54) is 7.11 Å². The van der Waals surface area contributed by atoms with Crippen molar-refractivity contribution < 1.29 is 24.4 Å². The molecule has 0 amide bonds. The lowest BCUT2D eigenvalue weighted by Gasteiger charge is -2.23. The Bertz CT molecular complexity index is 782. The molecule has 0 aromatic heterocycles. The number of aliphatic hydroxyl groups excluding tert-OH is 1. The van der Waals surface area contributed by atoms with Crippen molar-refractivity contribution >= 4 is 6.08 Å². The third kappa shape index (κ3) is 4.29. The zero-order valence-corrected chi connectivity index (χ0v) is 15.8. The molecule has 0 radical (unpaired) electrons. The molecule has 0 aliphatic carbocycles. The molecule has 2 N–H and O–H groups in total. The second kappa shape index (κ2) is 8.63. The Hall–Kier alpha value is -2.66. The van der Waals surface area contributed by atoms with E-state index in [1.807, 2.05) is 37.3 Å². The third-order valence-corrected chi connectivity index (χ3v) is 4.15. The first kappa shape index (κ1) is 19.7. The summed E-state index contributed by atoms with van der Waals surface area (Å²) in [6.07, 6.45) is 2.48. The maximum absolute atomic E-state index is 10.7. The van der Waals surface area contributed by atoms with Crippen molar-refractivity contribution in [2.45, 2.75) is 33.0 Å². The van der Waals surface area contributed by atoms with E-state index in [9.17, 15) is 10.2 Å². The van der Waals surface area contributed by atoms with Crippen LogP contribution in [-0.4, -0.2) is 30.5 Å². The molecular weight excluding hydrogens is 332 g/mol. The molecule has 0 heterocycles. The van der Waals surface area contributed by atoms with Gasteiger partial charge in [-0.2, -0.15) is 0 Å². The second-order valence-electron chi connectivity index (χ2n) is 6.07. The van der Waals surface area contributed by atoms with Gasteiger partial charge in [-0.05, 0) is 61.7 Å². The quantitative estimate of drug-likeness (QED) is 0.774. The Kier molecular flexibility index (Phi) is 6.52. The molecule has 26 heavy (non-hydrogen) atoms. The first-order valence-electron chi connectivity index (χ1n) is 8.44. The average molecular weight is 358 g/mol. The standard InChI is InChI=1S/C21H26O5/c1-6-7-15-8-9-17(18(11-15)24-4)26-14(3)21(23)16-10-13(2)20(22)19(12-16)25-5/h6-12,14,21-23H,1-5H3/b7-6+. The highest BCUT2D eigenvalue weighted by molar-refractivity contribution is 5.55. The number of hydrogen-bond acceptors (Lipinski definition) is 5. The van der Waals surface area contributed by atoms with Gasteiger partial charge in [0.05, 0.1) is 14.2 Å². The number of methoxy groups -OCH3 is 2. The van der Waals surface area contributed by atoms with E-state index in [-0.39, 0.29) is 5.75 Å². The van der Waals surface area contributed by atoms with Crippen LogP contribution in [0.25, 0.3) is 6.08 Å². The monoisotopic (exact) mass is 358 g/mol. The highest BCUT2D eigenvalue weighted by Gasteiger charge is 2.22. The molecule has 2 aromatic carbocycles. The van der Waals surface area contributed by atoms with Crippen molar-refractivity contribution in [1.29, 1.82) is 0 Å². The summed E-state index contributed by atoms with van der Waals surface area (Å²) in [5.41, 5.74) is 2.23. The van der Waals surface area contributed by atoms with E-state index in [2.05, 4.69) is 0 Å². The summed E-state index contributed by atoms with van der Waals surface area (Å²) in [5.74, 6) is 1.53. The van der Waals surface area contributed by atoms with Crippen molar-refractivity contribution in [3.63, 3.8) is 0 Å².